The molecule has 0 fully saturated rings. The summed E-state index contributed by atoms with van der Waals surface area (Å²) in [5.41, 5.74) is 6.24. The maximum absolute atomic E-state index is 12.7. The van der Waals surface area contributed by atoms with Crippen LogP contribution < -0.4 is 5.73 Å². The van der Waals surface area contributed by atoms with Crippen molar-refractivity contribution in [2.45, 2.75) is 32.1 Å². The van der Waals surface area contributed by atoms with Gasteiger partial charge in [-0.15, -0.1) is 0 Å². The number of thiocarbonyl (C=S) groups is 1. The molecule has 0 amide bonds. The fraction of sp³-hybridized carbons (Fsp3) is 0.500. The molecular formula is C14H22N2O2S2. The normalized spacial score (nSPS) is 12.1. The van der Waals surface area contributed by atoms with Gasteiger partial charge in [-0.3, -0.25) is 0 Å². The van der Waals surface area contributed by atoms with Gasteiger partial charge in [-0.05, 0) is 24.5 Å². The third-order valence-electron chi connectivity index (χ3n) is 2.89. The van der Waals surface area contributed by atoms with Crippen LogP contribution in [-0.2, 0) is 10.0 Å². The van der Waals surface area contributed by atoms with Crippen molar-refractivity contribution in [3.05, 3.63) is 29.8 Å². The molecule has 0 aliphatic carbocycles. The topological polar surface area (TPSA) is 63.4 Å². The van der Waals surface area contributed by atoms with E-state index in [1.165, 1.54) is 4.31 Å². The van der Waals surface area contributed by atoms with Gasteiger partial charge in [0, 0.05) is 19.5 Å². The van der Waals surface area contributed by atoms with Crippen LogP contribution in [0.4, 0.5) is 0 Å². The average Bonchev–Trinajstić information content (AvgIpc) is 2.34. The van der Waals surface area contributed by atoms with E-state index in [1.54, 1.807) is 25.1 Å². The summed E-state index contributed by atoms with van der Waals surface area (Å²) in [5.74, 6) is 0.236. The van der Waals surface area contributed by atoms with E-state index in [0.717, 1.165) is 5.56 Å². The molecule has 20 heavy (non-hydrogen) atoms. The summed E-state index contributed by atoms with van der Waals surface area (Å²) < 4.78 is 27.0. The Morgan fingerprint density at radius 3 is 2.45 bits per heavy atom. The molecule has 0 heterocycles. The van der Waals surface area contributed by atoms with Crippen molar-refractivity contribution < 1.29 is 8.42 Å². The summed E-state index contributed by atoms with van der Waals surface area (Å²) in [4.78, 5) is 0.683. The van der Waals surface area contributed by atoms with Crippen molar-refractivity contribution in [3.63, 3.8) is 0 Å². The summed E-state index contributed by atoms with van der Waals surface area (Å²) in [5, 5.41) is 0. The van der Waals surface area contributed by atoms with Crippen LogP contribution in [-0.4, -0.2) is 30.8 Å². The standard InChI is InChI=1S/C14H22N2O2S2/c1-11(2)10-16(9-8-14(15)19)20(17,18)13-7-5-4-6-12(13)3/h4-7,11H,8-10H2,1-3H3,(H2,15,19). The molecule has 1 aromatic rings. The van der Waals surface area contributed by atoms with Crippen LogP contribution in [0, 0.1) is 12.8 Å². The van der Waals surface area contributed by atoms with E-state index in [-0.39, 0.29) is 5.92 Å². The molecule has 0 aliphatic heterocycles. The molecule has 1 aromatic carbocycles. The molecule has 4 nitrogen and oxygen atoms in total. The Hall–Kier alpha value is -0.980. The van der Waals surface area contributed by atoms with Crippen molar-refractivity contribution in [1.82, 2.24) is 4.31 Å². The quantitative estimate of drug-likeness (QED) is 0.785. The first kappa shape index (κ1) is 17.1. The molecule has 2 N–H and O–H groups in total. The smallest absolute Gasteiger partial charge is 0.243 e. The van der Waals surface area contributed by atoms with Gasteiger partial charge >= 0.3 is 0 Å². The number of sulfonamides is 1. The minimum Gasteiger partial charge on any atom is -0.393 e. The van der Waals surface area contributed by atoms with E-state index < -0.39 is 10.0 Å². The Morgan fingerprint density at radius 1 is 1.35 bits per heavy atom. The highest BCUT2D eigenvalue weighted by molar-refractivity contribution is 7.89. The molecule has 0 aromatic heterocycles. The Morgan fingerprint density at radius 2 is 1.95 bits per heavy atom. The minimum absolute atomic E-state index is 0.236. The van der Waals surface area contributed by atoms with Crippen molar-refractivity contribution in [1.29, 1.82) is 0 Å². The lowest BCUT2D eigenvalue weighted by molar-refractivity contribution is 0.374. The van der Waals surface area contributed by atoms with Gasteiger partial charge in [0.15, 0.2) is 0 Å². The van der Waals surface area contributed by atoms with Crippen molar-refractivity contribution >= 4 is 27.2 Å². The van der Waals surface area contributed by atoms with Gasteiger partial charge in [-0.1, -0.05) is 44.3 Å². The van der Waals surface area contributed by atoms with Gasteiger partial charge in [-0.2, -0.15) is 4.31 Å². The van der Waals surface area contributed by atoms with Crippen molar-refractivity contribution in [2.24, 2.45) is 11.7 Å². The summed E-state index contributed by atoms with van der Waals surface area (Å²) in [6.45, 7) is 6.56. The van der Waals surface area contributed by atoms with Gasteiger partial charge in [0.05, 0.1) is 9.88 Å². The van der Waals surface area contributed by atoms with Crippen molar-refractivity contribution in [2.75, 3.05) is 13.1 Å². The second-order valence-corrected chi connectivity index (χ2v) is 7.67. The molecule has 0 aliphatic rings. The Bertz CT molecular complexity index is 568. The fourth-order valence-electron chi connectivity index (χ4n) is 1.94. The third kappa shape index (κ3) is 4.54. The van der Waals surface area contributed by atoms with E-state index in [4.69, 9.17) is 18.0 Å². The van der Waals surface area contributed by atoms with Crippen LogP contribution in [0.1, 0.15) is 25.8 Å². The van der Waals surface area contributed by atoms with E-state index >= 15 is 0 Å². The maximum Gasteiger partial charge on any atom is 0.243 e. The molecule has 0 bridgehead atoms. The molecule has 1 rings (SSSR count). The summed E-state index contributed by atoms with van der Waals surface area (Å²) in [7, 11) is -3.50. The number of nitrogens with two attached hydrogens (primary N) is 1. The maximum atomic E-state index is 12.7. The molecule has 0 saturated heterocycles. The average molecular weight is 314 g/mol. The van der Waals surface area contributed by atoms with E-state index in [0.29, 0.717) is 29.4 Å². The SMILES string of the molecule is Cc1ccccc1S(=O)(=O)N(CCC(N)=S)CC(C)C. The highest BCUT2D eigenvalue weighted by atomic mass is 32.2. The van der Waals surface area contributed by atoms with Gasteiger partial charge in [-0.25, -0.2) is 8.42 Å². The lowest BCUT2D eigenvalue weighted by atomic mass is 10.2. The van der Waals surface area contributed by atoms with E-state index in [1.807, 2.05) is 19.9 Å². The molecule has 0 atom stereocenters. The zero-order valence-electron chi connectivity index (χ0n) is 12.2. The number of nitrogens with zero attached hydrogens (tertiary/aromatic N) is 1. The third-order valence-corrected chi connectivity index (χ3v) is 5.12. The summed E-state index contributed by atoms with van der Waals surface area (Å²) in [6.07, 6.45) is 0.396. The Balaban J connectivity index is 3.10. The van der Waals surface area contributed by atoms with Crippen molar-refractivity contribution in [3.8, 4) is 0 Å². The van der Waals surface area contributed by atoms with Crippen LogP contribution in [0.15, 0.2) is 29.2 Å². The number of rotatable bonds is 7. The fourth-order valence-corrected chi connectivity index (χ4v) is 3.86. The molecule has 0 spiro atoms. The molecular weight excluding hydrogens is 292 g/mol. The van der Waals surface area contributed by atoms with Gasteiger partial charge in [0.2, 0.25) is 10.0 Å². The second-order valence-electron chi connectivity index (χ2n) is 5.24. The van der Waals surface area contributed by atoms with E-state index in [2.05, 4.69) is 0 Å². The number of hydrogen-bond acceptors (Lipinski definition) is 3. The Kier molecular flexibility index (Phi) is 6.10. The molecule has 0 saturated carbocycles. The van der Waals surface area contributed by atoms with Crippen LogP contribution in [0.5, 0.6) is 0 Å². The lowest BCUT2D eigenvalue weighted by Crippen LogP contribution is -2.36. The van der Waals surface area contributed by atoms with Crippen LogP contribution in [0.3, 0.4) is 0 Å². The first-order valence-electron chi connectivity index (χ1n) is 6.59. The highest BCUT2D eigenvalue weighted by Crippen LogP contribution is 2.20. The molecule has 112 valence electrons. The predicted octanol–water partition coefficient (Wildman–Crippen LogP) is 2.32. The first-order valence-corrected chi connectivity index (χ1v) is 8.44. The molecule has 6 heteroatoms. The van der Waals surface area contributed by atoms with Gasteiger partial charge in [0.1, 0.15) is 0 Å². The minimum atomic E-state index is -3.50. The monoisotopic (exact) mass is 314 g/mol. The lowest BCUT2D eigenvalue weighted by Gasteiger charge is -2.24. The van der Waals surface area contributed by atoms with Crippen LogP contribution in [0.2, 0.25) is 0 Å². The van der Waals surface area contributed by atoms with Crippen LogP contribution in [0.25, 0.3) is 0 Å². The second kappa shape index (κ2) is 7.15. The zero-order chi connectivity index (χ0) is 15.3. The zero-order valence-corrected chi connectivity index (χ0v) is 13.8. The van der Waals surface area contributed by atoms with Crippen LogP contribution >= 0.6 is 12.2 Å². The number of benzene rings is 1. The number of hydrogen-bond donors (Lipinski definition) is 1. The molecule has 0 radical (unpaired) electrons. The highest BCUT2D eigenvalue weighted by Gasteiger charge is 2.26. The van der Waals surface area contributed by atoms with Gasteiger partial charge < -0.3 is 5.73 Å². The number of aryl methyl sites for hydroxylation is 1. The van der Waals surface area contributed by atoms with E-state index in [9.17, 15) is 8.42 Å². The summed E-state index contributed by atoms with van der Waals surface area (Å²) >= 11 is 4.85. The largest absolute Gasteiger partial charge is 0.393 e. The molecule has 0 unspecified atom stereocenters. The summed E-state index contributed by atoms with van der Waals surface area (Å²) in [6, 6.07) is 7.00. The van der Waals surface area contributed by atoms with Gasteiger partial charge in [0.25, 0.3) is 0 Å². The Labute approximate surface area is 127 Å². The first-order chi connectivity index (χ1) is 9.25. The predicted molar refractivity (Wildman–Crippen MR) is 86.2 cm³/mol.